The van der Waals surface area contributed by atoms with Crippen molar-refractivity contribution in [2.45, 2.75) is 6.54 Å². The predicted molar refractivity (Wildman–Crippen MR) is 53.9 cm³/mol. The molecule has 0 radical (unpaired) electrons. The van der Waals surface area contributed by atoms with E-state index in [0.717, 1.165) is 16.9 Å². The van der Waals surface area contributed by atoms with Crippen molar-refractivity contribution < 1.29 is 0 Å². The molecule has 1 aromatic carbocycles. The van der Waals surface area contributed by atoms with Crippen LogP contribution in [0.2, 0.25) is 0 Å². The highest BCUT2D eigenvalue weighted by molar-refractivity contribution is 7.80. The Morgan fingerprint density at radius 2 is 2.25 bits per heavy atom. The minimum absolute atomic E-state index is 0.660. The summed E-state index contributed by atoms with van der Waals surface area (Å²) in [6.07, 6.45) is 0. The van der Waals surface area contributed by atoms with Crippen LogP contribution in [0, 0.1) is 0 Å². The van der Waals surface area contributed by atoms with Gasteiger partial charge in [-0.15, -0.1) is 0 Å². The molecule has 1 aromatic rings. The first-order chi connectivity index (χ1) is 5.77. The summed E-state index contributed by atoms with van der Waals surface area (Å²) in [5, 5.41) is 6.72. The molecule has 1 aliphatic rings. The van der Waals surface area contributed by atoms with Crippen molar-refractivity contribution in [1.29, 1.82) is 0 Å². The van der Waals surface area contributed by atoms with Crippen molar-refractivity contribution >= 4 is 28.7 Å². The van der Waals surface area contributed by atoms with E-state index in [2.05, 4.69) is 10.6 Å². The lowest BCUT2D eigenvalue weighted by molar-refractivity contribution is 0.911. The van der Waals surface area contributed by atoms with E-state index in [-0.39, 0.29) is 0 Å². The first kappa shape index (κ1) is 7.36. The van der Waals surface area contributed by atoms with E-state index < -0.39 is 0 Å². The molecule has 0 saturated heterocycles. The zero-order valence-electron chi connectivity index (χ0n) is 6.42. The molecule has 0 aliphatic carbocycles. The monoisotopic (exact) mass is 179 g/mol. The lowest BCUT2D eigenvalue weighted by Crippen LogP contribution is -2.33. The molecule has 0 spiro atoms. The Balaban J connectivity index is 2.48. The van der Waals surface area contributed by atoms with Crippen LogP contribution in [-0.2, 0) is 6.54 Å². The maximum atomic E-state index is 5.76. The summed E-state index contributed by atoms with van der Waals surface area (Å²) in [6.45, 7) is 0.716. The van der Waals surface area contributed by atoms with Gasteiger partial charge in [-0.3, -0.25) is 0 Å². The molecule has 0 saturated carbocycles. The minimum atomic E-state index is 0.660. The Morgan fingerprint density at radius 3 is 3.08 bits per heavy atom. The molecule has 3 nitrogen and oxygen atoms in total. The fourth-order valence-electron chi connectivity index (χ4n) is 1.25. The number of nitrogens with one attached hydrogen (secondary N) is 2. The zero-order valence-corrected chi connectivity index (χ0v) is 7.24. The smallest absolute Gasteiger partial charge is 0.171 e. The molecule has 0 fully saturated rings. The maximum absolute atomic E-state index is 5.76. The lowest BCUT2D eigenvalue weighted by atomic mass is 10.1. The molecule has 4 N–H and O–H groups in total. The standard InChI is InChI=1S/C8H9N3S/c9-6-2-1-3-7-5(6)4-10-8(12)11-7/h1-3H,4,9H2,(H2,10,11,12). The van der Waals surface area contributed by atoms with Crippen LogP contribution in [0.1, 0.15) is 5.56 Å². The van der Waals surface area contributed by atoms with Gasteiger partial charge in [0.25, 0.3) is 0 Å². The van der Waals surface area contributed by atoms with Crippen LogP contribution in [0.3, 0.4) is 0 Å². The van der Waals surface area contributed by atoms with Gasteiger partial charge in [-0.1, -0.05) is 6.07 Å². The number of benzene rings is 1. The second kappa shape index (κ2) is 2.64. The highest BCUT2D eigenvalue weighted by Crippen LogP contribution is 2.23. The van der Waals surface area contributed by atoms with Gasteiger partial charge in [-0.2, -0.15) is 0 Å². The topological polar surface area (TPSA) is 50.1 Å². The summed E-state index contributed by atoms with van der Waals surface area (Å²) in [7, 11) is 0. The van der Waals surface area contributed by atoms with Crippen LogP contribution >= 0.6 is 12.2 Å². The summed E-state index contributed by atoms with van der Waals surface area (Å²) in [5.41, 5.74) is 8.67. The summed E-state index contributed by atoms with van der Waals surface area (Å²) in [4.78, 5) is 0. The fourth-order valence-corrected chi connectivity index (χ4v) is 1.44. The van der Waals surface area contributed by atoms with Gasteiger partial charge in [-0.05, 0) is 24.4 Å². The molecule has 12 heavy (non-hydrogen) atoms. The maximum Gasteiger partial charge on any atom is 0.171 e. The molecule has 2 rings (SSSR count). The first-order valence-corrected chi connectivity index (χ1v) is 4.10. The number of rotatable bonds is 0. The van der Waals surface area contributed by atoms with Gasteiger partial charge < -0.3 is 16.4 Å². The normalized spacial score (nSPS) is 14.5. The molecular formula is C8H9N3S. The summed E-state index contributed by atoms with van der Waals surface area (Å²) >= 11 is 4.96. The predicted octanol–water partition coefficient (Wildman–Crippen LogP) is 1.07. The van der Waals surface area contributed by atoms with Crippen LogP contribution in [0.25, 0.3) is 0 Å². The number of hydrogen-bond donors (Lipinski definition) is 3. The van der Waals surface area contributed by atoms with Crippen molar-refractivity contribution in [2.24, 2.45) is 0 Å². The van der Waals surface area contributed by atoms with E-state index in [1.54, 1.807) is 0 Å². The molecule has 1 aliphatic heterocycles. The van der Waals surface area contributed by atoms with E-state index in [0.29, 0.717) is 11.7 Å². The molecule has 0 aromatic heterocycles. The van der Waals surface area contributed by atoms with E-state index in [1.807, 2.05) is 18.2 Å². The molecule has 62 valence electrons. The number of nitrogens with two attached hydrogens (primary N) is 1. The Hall–Kier alpha value is -1.29. The lowest BCUT2D eigenvalue weighted by Gasteiger charge is -2.21. The summed E-state index contributed by atoms with van der Waals surface area (Å²) in [5.74, 6) is 0. The van der Waals surface area contributed by atoms with Gasteiger partial charge in [0, 0.05) is 23.5 Å². The number of fused-ring (bicyclic) bond motifs is 1. The largest absolute Gasteiger partial charge is 0.398 e. The Morgan fingerprint density at radius 1 is 1.42 bits per heavy atom. The van der Waals surface area contributed by atoms with E-state index in [9.17, 15) is 0 Å². The van der Waals surface area contributed by atoms with Crippen molar-refractivity contribution in [1.82, 2.24) is 5.32 Å². The SMILES string of the molecule is Nc1cccc2c1CNC(=S)N2. The molecule has 0 atom stereocenters. The van der Waals surface area contributed by atoms with Gasteiger partial charge in [0.15, 0.2) is 5.11 Å². The van der Waals surface area contributed by atoms with E-state index >= 15 is 0 Å². The average molecular weight is 179 g/mol. The van der Waals surface area contributed by atoms with Gasteiger partial charge in [0.05, 0.1) is 0 Å². The van der Waals surface area contributed by atoms with Crippen LogP contribution < -0.4 is 16.4 Å². The average Bonchev–Trinajstić information content (AvgIpc) is 2.04. The van der Waals surface area contributed by atoms with E-state index in [4.69, 9.17) is 18.0 Å². The summed E-state index contributed by atoms with van der Waals surface area (Å²) in [6, 6.07) is 5.77. The number of anilines is 2. The molecular weight excluding hydrogens is 170 g/mol. The van der Waals surface area contributed by atoms with Crippen LogP contribution in [0.4, 0.5) is 11.4 Å². The third-order valence-corrected chi connectivity index (χ3v) is 2.13. The second-order valence-corrected chi connectivity index (χ2v) is 3.09. The molecule has 0 bridgehead atoms. The van der Waals surface area contributed by atoms with Crippen LogP contribution in [-0.4, -0.2) is 5.11 Å². The quantitative estimate of drug-likeness (QED) is 0.412. The molecule has 0 amide bonds. The van der Waals surface area contributed by atoms with Crippen molar-refractivity contribution in [3.8, 4) is 0 Å². The molecule has 4 heteroatoms. The van der Waals surface area contributed by atoms with Crippen LogP contribution in [0.5, 0.6) is 0 Å². The van der Waals surface area contributed by atoms with E-state index in [1.165, 1.54) is 0 Å². The highest BCUT2D eigenvalue weighted by atomic mass is 32.1. The number of nitrogen functional groups attached to an aromatic ring is 1. The molecule has 1 heterocycles. The van der Waals surface area contributed by atoms with Gasteiger partial charge in [0.1, 0.15) is 0 Å². The third-order valence-electron chi connectivity index (χ3n) is 1.89. The first-order valence-electron chi connectivity index (χ1n) is 3.69. The number of thiocarbonyl (C=S) groups is 1. The summed E-state index contributed by atoms with van der Waals surface area (Å²) < 4.78 is 0. The Bertz CT molecular complexity index is 335. The van der Waals surface area contributed by atoms with Crippen molar-refractivity contribution in [2.75, 3.05) is 11.1 Å². The van der Waals surface area contributed by atoms with Crippen molar-refractivity contribution in [3.05, 3.63) is 23.8 Å². The second-order valence-electron chi connectivity index (χ2n) is 2.68. The van der Waals surface area contributed by atoms with Crippen molar-refractivity contribution in [3.63, 3.8) is 0 Å². The zero-order chi connectivity index (χ0) is 8.55. The minimum Gasteiger partial charge on any atom is -0.398 e. The number of hydrogen-bond acceptors (Lipinski definition) is 2. The van der Waals surface area contributed by atoms with Gasteiger partial charge in [0.2, 0.25) is 0 Å². The Labute approximate surface area is 76.0 Å². The third kappa shape index (κ3) is 1.10. The van der Waals surface area contributed by atoms with Crippen LogP contribution in [0.15, 0.2) is 18.2 Å². The molecule has 0 unspecified atom stereocenters. The van der Waals surface area contributed by atoms with Gasteiger partial charge in [-0.25, -0.2) is 0 Å². The van der Waals surface area contributed by atoms with Gasteiger partial charge >= 0.3 is 0 Å². The Kier molecular flexibility index (Phi) is 1.62. The fraction of sp³-hybridized carbons (Fsp3) is 0.125. The highest BCUT2D eigenvalue weighted by Gasteiger charge is 2.12.